The largest absolute Gasteiger partial charge is 0.389 e. The Morgan fingerprint density at radius 3 is 1.86 bits per heavy atom. The smallest absolute Gasteiger partial charge is 0.0728 e. The molecule has 0 spiro atoms. The van der Waals surface area contributed by atoms with Crippen LogP contribution in [0.15, 0.2) is 0 Å². The summed E-state index contributed by atoms with van der Waals surface area (Å²) in [6.45, 7) is 13.2. The molecule has 0 aliphatic heterocycles. The molecule has 1 aliphatic rings. The monoisotopic (exact) mass is 198 g/mol. The molecule has 1 aliphatic carbocycles. The number of aliphatic hydroxyl groups is 1. The van der Waals surface area contributed by atoms with Gasteiger partial charge < -0.3 is 5.11 Å². The normalized spacial score (nSPS) is 34.9. The molecule has 0 aromatic heterocycles. The Hall–Kier alpha value is -0.0400. The van der Waals surface area contributed by atoms with Crippen molar-refractivity contribution in [2.75, 3.05) is 0 Å². The highest BCUT2D eigenvalue weighted by Crippen LogP contribution is 2.53. The van der Waals surface area contributed by atoms with Crippen LogP contribution in [0.4, 0.5) is 0 Å². The van der Waals surface area contributed by atoms with E-state index in [1.54, 1.807) is 0 Å². The summed E-state index contributed by atoms with van der Waals surface area (Å²) in [7, 11) is 0. The first-order valence-corrected chi connectivity index (χ1v) is 5.81. The molecule has 1 rings (SSSR count). The molecule has 0 bridgehead atoms. The Morgan fingerprint density at radius 2 is 1.57 bits per heavy atom. The average Bonchev–Trinajstić information content (AvgIpc) is 2.28. The maximum Gasteiger partial charge on any atom is 0.0728 e. The van der Waals surface area contributed by atoms with Crippen LogP contribution >= 0.6 is 0 Å². The van der Waals surface area contributed by atoms with Crippen molar-refractivity contribution in [1.29, 1.82) is 0 Å². The molecular formula is C13H26O. The van der Waals surface area contributed by atoms with Gasteiger partial charge in [0, 0.05) is 0 Å². The van der Waals surface area contributed by atoms with Gasteiger partial charge in [0.05, 0.1) is 5.60 Å². The molecule has 1 N–H and O–H groups in total. The second kappa shape index (κ2) is 3.23. The highest BCUT2D eigenvalue weighted by molar-refractivity contribution is 5.03. The molecule has 1 nitrogen and oxygen atoms in total. The van der Waals surface area contributed by atoms with Crippen LogP contribution in [0.2, 0.25) is 0 Å². The molecule has 1 saturated carbocycles. The maximum atomic E-state index is 10.8. The molecule has 2 atom stereocenters. The quantitative estimate of drug-likeness (QED) is 0.630. The van der Waals surface area contributed by atoms with Gasteiger partial charge in [0.2, 0.25) is 0 Å². The molecule has 1 heteroatoms. The van der Waals surface area contributed by atoms with Crippen molar-refractivity contribution < 1.29 is 5.11 Å². The molecule has 1 fully saturated rings. The summed E-state index contributed by atoms with van der Waals surface area (Å²) in [5, 5.41) is 10.8. The van der Waals surface area contributed by atoms with E-state index >= 15 is 0 Å². The van der Waals surface area contributed by atoms with Crippen LogP contribution in [0.1, 0.15) is 60.8 Å². The summed E-state index contributed by atoms with van der Waals surface area (Å²) in [5.41, 5.74) is -0.245. The molecule has 0 aromatic carbocycles. The number of hydrogen-bond acceptors (Lipinski definition) is 1. The van der Waals surface area contributed by atoms with Crippen molar-refractivity contribution in [2.24, 2.45) is 16.7 Å². The predicted octanol–water partition coefficient (Wildman–Crippen LogP) is 3.61. The lowest BCUT2D eigenvalue weighted by atomic mass is 9.63. The van der Waals surface area contributed by atoms with Gasteiger partial charge in [-0.15, -0.1) is 0 Å². The lowest BCUT2D eigenvalue weighted by molar-refractivity contribution is -0.116. The second-order valence-corrected chi connectivity index (χ2v) is 6.99. The third kappa shape index (κ3) is 1.84. The second-order valence-electron chi connectivity index (χ2n) is 6.99. The first-order chi connectivity index (χ1) is 6.09. The van der Waals surface area contributed by atoms with E-state index in [4.69, 9.17) is 0 Å². The van der Waals surface area contributed by atoms with E-state index in [9.17, 15) is 5.11 Å². The van der Waals surface area contributed by atoms with Crippen LogP contribution in [-0.2, 0) is 0 Å². The first-order valence-electron chi connectivity index (χ1n) is 5.81. The SMILES string of the molecule is CC(C)(C)C1CCC[C@]1(O)C(C)(C)C. The van der Waals surface area contributed by atoms with Crippen molar-refractivity contribution in [3.63, 3.8) is 0 Å². The lowest BCUT2D eigenvalue weighted by Crippen LogP contribution is -2.50. The van der Waals surface area contributed by atoms with Gasteiger partial charge in [0.15, 0.2) is 0 Å². The van der Waals surface area contributed by atoms with Gasteiger partial charge in [-0.3, -0.25) is 0 Å². The summed E-state index contributed by atoms with van der Waals surface area (Å²) in [6.07, 6.45) is 3.32. The van der Waals surface area contributed by atoms with E-state index in [0.717, 1.165) is 6.42 Å². The standard InChI is InChI=1S/C13H26O/c1-11(2,3)10-8-7-9-13(10,14)12(4,5)6/h10,14H,7-9H2,1-6H3/t10?,13-/m1/s1. The molecular weight excluding hydrogens is 172 g/mol. The van der Waals surface area contributed by atoms with Gasteiger partial charge in [-0.25, -0.2) is 0 Å². The zero-order chi connectivity index (χ0) is 11.2. The van der Waals surface area contributed by atoms with Crippen LogP contribution < -0.4 is 0 Å². The van der Waals surface area contributed by atoms with Gasteiger partial charge in [-0.1, -0.05) is 48.0 Å². The van der Waals surface area contributed by atoms with E-state index in [-0.39, 0.29) is 10.8 Å². The molecule has 84 valence electrons. The summed E-state index contributed by atoms with van der Waals surface area (Å²) >= 11 is 0. The van der Waals surface area contributed by atoms with Gasteiger partial charge in [0.25, 0.3) is 0 Å². The highest BCUT2D eigenvalue weighted by Gasteiger charge is 2.53. The molecule has 0 amide bonds. The molecule has 0 aromatic rings. The Bertz CT molecular complexity index is 206. The molecule has 1 unspecified atom stereocenters. The predicted molar refractivity (Wildman–Crippen MR) is 61.2 cm³/mol. The summed E-state index contributed by atoms with van der Waals surface area (Å²) in [4.78, 5) is 0. The zero-order valence-electron chi connectivity index (χ0n) is 10.6. The zero-order valence-corrected chi connectivity index (χ0v) is 10.6. The maximum absolute atomic E-state index is 10.8. The van der Waals surface area contributed by atoms with Crippen LogP contribution in [0.3, 0.4) is 0 Å². The Balaban J connectivity index is 2.99. The van der Waals surface area contributed by atoms with Gasteiger partial charge in [0.1, 0.15) is 0 Å². The number of rotatable bonds is 0. The van der Waals surface area contributed by atoms with E-state index < -0.39 is 5.60 Å². The van der Waals surface area contributed by atoms with Gasteiger partial charge in [-0.05, 0) is 29.6 Å². The minimum atomic E-state index is -0.467. The van der Waals surface area contributed by atoms with E-state index in [1.807, 2.05) is 0 Å². The molecule has 14 heavy (non-hydrogen) atoms. The fraction of sp³-hybridized carbons (Fsp3) is 1.00. The Labute approximate surface area is 88.9 Å². The Kier molecular flexibility index (Phi) is 2.78. The minimum Gasteiger partial charge on any atom is -0.389 e. The van der Waals surface area contributed by atoms with Crippen molar-refractivity contribution >= 4 is 0 Å². The summed E-state index contributed by atoms with van der Waals surface area (Å²) in [5.74, 6) is 0.440. The van der Waals surface area contributed by atoms with Gasteiger partial charge >= 0.3 is 0 Å². The number of hydrogen-bond donors (Lipinski definition) is 1. The average molecular weight is 198 g/mol. The third-order valence-corrected chi connectivity index (χ3v) is 3.97. The van der Waals surface area contributed by atoms with E-state index in [0.29, 0.717) is 5.92 Å². The molecule has 0 radical (unpaired) electrons. The minimum absolute atomic E-state index is 0.00144. The van der Waals surface area contributed by atoms with Crippen molar-refractivity contribution in [3.8, 4) is 0 Å². The fourth-order valence-electron chi connectivity index (χ4n) is 3.04. The van der Waals surface area contributed by atoms with Gasteiger partial charge in [-0.2, -0.15) is 0 Å². The topological polar surface area (TPSA) is 20.2 Å². The van der Waals surface area contributed by atoms with Crippen molar-refractivity contribution in [3.05, 3.63) is 0 Å². The summed E-state index contributed by atoms with van der Waals surface area (Å²) < 4.78 is 0. The first kappa shape index (κ1) is 12.0. The summed E-state index contributed by atoms with van der Waals surface area (Å²) in [6, 6.07) is 0. The fourth-order valence-corrected chi connectivity index (χ4v) is 3.04. The van der Waals surface area contributed by atoms with Crippen LogP contribution in [0, 0.1) is 16.7 Å². The molecule has 0 saturated heterocycles. The van der Waals surface area contributed by atoms with Crippen molar-refractivity contribution in [2.45, 2.75) is 66.4 Å². The van der Waals surface area contributed by atoms with E-state index in [1.165, 1.54) is 12.8 Å². The highest BCUT2D eigenvalue weighted by atomic mass is 16.3. The lowest BCUT2D eigenvalue weighted by Gasteiger charge is -2.47. The third-order valence-electron chi connectivity index (χ3n) is 3.97. The van der Waals surface area contributed by atoms with E-state index in [2.05, 4.69) is 41.5 Å². The van der Waals surface area contributed by atoms with Crippen LogP contribution in [0.25, 0.3) is 0 Å². The van der Waals surface area contributed by atoms with Crippen LogP contribution in [0.5, 0.6) is 0 Å². The molecule has 0 heterocycles. The van der Waals surface area contributed by atoms with Crippen LogP contribution in [-0.4, -0.2) is 10.7 Å². The Morgan fingerprint density at radius 1 is 1.07 bits per heavy atom. The van der Waals surface area contributed by atoms with Crippen molar-refractivity contribution in [1.82, 2.24) is 0 Å².